The maximum Gasteiger partial charge on any atom is 0.264 e. The molecule has 0 radical (unpaired) electrons. The highest BCUT2D eigenvalue weighted by Gasteiger charge is 2.30. The maximum absolute atomic E-state index is 13.4. The van der Waals surface area contributed by atoms with Crippen LogP contribution in [0.5, 0.6) is 0 Å². The standard InChI is InChI=1S/C22H29N5O4/c1-14-25-17-5-2-4-16(24-10-3-13-31-15-8-11-23-12-9-15)20(17)22(30)27(14)18-6-7-19(28)26-21(18)29/h2,4-5,15,18,23-24H,3,6-13H2,1H3,(H,26,28,29). The number of hydrogen-bond donors (Lipinski definition) is 3. The van der Waals surface area contributed by atoms with Crippen LogP contribution in [0.15, 0.2) is 23.0 Å². The number of imide groups is 1. The van der Waals surface area contributed by atoms with Crippen molar-refractivity contribution in [1.29, 1.82) is 0 Å². The van der Waals surface area contributed by atoms with E-state index in [-0.39, 0.29) is 17.9 Å². The lowest BCUT2D eigenvalue weighted by molar-refractivity contribution is -0.135. The molecule has 1 aromatic carbocycles. The summed E-state index contributed by atoms with van der Waals surface area (Å²) in [6.07, 6.45) is 3.73. The van der Waals surface area contributed by atoms with E-state index in [1.807, 2.05) is 12.1 Å². The topological polar surface area (TPSA) is 114 Å². The zero-order valence-electron chi connectivity index (χ0n) is 17.8. The van der Waals surface area contributed by atoms with Gasteiger partial charge in [-0.2, -0.15) is 0 Å². The minimum atomic E-state index is -0.728. The van der Waals surface area contributed by atoms with Gasteiger partial charge in [0.05, 0.1) is 17.0 Å². The van der Waals surface area contributed by atoms with Crippen LogP contribution in [0.25, 0.3) is 10.9 Å². The van der Waals surface area contributed by atoms with Crippen LogP contribution in [0.3, 0.4) is 0 Å². The van der Waals surface area contributed by atoms with Crippen molar-refractivity contribution in [2.24, 2.45) is 0 Å². The van der Waals surface area contributed by atoms with Crippen LogP contribution in [0.1, 0.15) is 44.0 Å². The molecule has 2 aliphatic rings. The number of benzene rings is 1. The van der Waals surface area contributed by atoms with Gasteiger partial charge in [0.1, 0.15) is 11.9 Å². The Kier molecular flexibility index (Phi) is 6.62. The molecule has 9 heteroatoms. The van der Waals surface area contributed by atoms with Crippen molar-refractivity contribution in [3.8, 4) is 0 Å². The van der Waals surface area contributed by atoms with Gasteiger partial charge in [0.15, 0.2) is 0 Å². The Balaban J connectivity index is 1.49. The molecule has 1 aromatic heterocycles. The molecule has 0 bridgehead atoms. The summed E-state index contributed by atoms with van der Waals surface area (Å²) in [6, 6.07) is 4.78. The highest BCUT2D eigenvalue weighted by atomic mass is 16.5. The molecule has 2 aromatic rings. The molecular formula is C22H29N5O4. The van der Waals surface area contributed by atoms with E-state index in [9.17, 15) is 14.4 Å². The zero-order valence-corrected chi connectivity index (χ0v) is 17.8. The van der Waals surface area contributed by atoms with Gasteiger partial charge in [0, 0.05) is 25.3 Å². The molecule has 0 aliphatic carbocycles. The van der Waals surface area contributed by atoms with E-state index < -0.39 is 11.9 Å². The Labute approximate surface area is 180 Å². The van der Waals surface area contributed by atoms with Crippen molar-refractivity contribution < 1.29 is 14.3 Å². The summed E-state index contributed by atoms with van der Waals surface area (Å²) < 4.78 is 7.35. The lowest BCUT2D eigenvalue weighted by Crippen LogP contribution is -2.45. The predicted molar refractivity (Wildman–Crippen MR) is 117 cm³/mol. The number of nitrogens with one attached hydrogen (secondary N) is 3. The first kappa shape index (κ1) is 21.5. The van der Waals surface area contributed by atoms with Crippen molar-refractivity contribution in [3.05, 3.63) is 34.4 Å². The van der Waals surface area contributed by atoms with Crippen LogP contribution in [-0.2, 0) is 14.3 Å². The van der Waals surface area contributed by atoms with Gasteiger partial charge in [-0.05, 0) is 57.8 Å². The fraction of sp³-hybridized carbons (Fsp3) is 0.545. The quantitative estimate of drug-likeness (QED) is 0.450. The third kappa shape index (κ3) is 4.77. The van der Waals surface area contributed by atoms with Gasteiger partial charge in [-0.25, -0.2) is 4.98 Å². The Morgan fingerprint density at radius 2 is 2.00 bits per heavy atom. The summed E-state index contributed by atoms with van der Waals surface area (Å²) in [7, 11) is 0. The molecule has 2 saturated heterocycles. The number of anilines is 1. The van der Waals surface area contributed by atoms with Crippen LogP contribution in [0.2, 0.25) is 0 Å². The van der Waals surface area contributed by atoms with E-state index in [0.29, 0.717) is 48.1 Å². The summed E-state index contributed by atoms with van der Waals surface area (Å²) in [5.74, 6) is -0.308. The van der Waals surface area contributed by atoms with Crippen LogP contribution in [0, 0.1) is 6.92 Å². The number of amides is 2. The Morgan fingerprint density at radius 3 is 2.77 bits per heavy atom. The van der Waals surface area contributed by atoms with Crippen molar-refractivity contribution >= 4 is 28.4 Å². The smallest absolute Gasteiger partial charge is 0.264 e. The summed E-state index contributed by atoms with van der Waals surface area (Å²) in [4.78, 5) is 41.8. The second-order valence-corrected chi connectivity index (χ2v) is 8.10. The SMILES string of the molecule is Cc1nc2cccc(NCCCOC3CCNCC3)c2c(=O)n1C1CCC(=O)NC1=O. The molecule has 1 atom stereocenters. The van der Waals surface area contributed by atoms with Crippen LogP contribution in [0.4, 0.5) is 5.69 Å². The van der Waals surface area contributed by atoms with E-state index in [0.717, 1.165) is 32.4 Å². The molecule has 0 spiro atoms. The first-order valence-electron chi connectivity index (χ1n) is 11.0. The maximum atomic E-state index is 13.4. The molecule has 2 amide bonds. The van der Waals surface area contributed by atoms with Gasteiger partial charge in [0.25, 0.3) is 5.56 Å². The lowest BCUT2D eigenvalue weighted by atomic mass is 10.1. The van der Waals surface area contributed by atoms with E-state index in [1.54, 1.807) is 13.0 Å². The van der Waals surface area contributed by atoms with Gasteiger partial charge >= 0.3 is 0 Å². The van der Waals surface area contributed by atoms with Crippen LogP contribution >= 0.6 is 0 Å². The van der Waals surface area contributed by atoms with E-state index in [2.05, 4.69) is 20.9 Å². The van der Waals surface area contributed by atoms with Crippen molar-refractivity contribution in [2.45, 2.75) is 51.2 Å². The normalized spacial score (nSPS) is 20.1. The molecule has 31 heavy (non-hydrogen) atoms. The summed E-state index contributed by atoms with van der Waals surface area (Å²) in [5, 5.41) is 9.44. The van der Waals surface area contributed by atoms with Gasteiger partial charge in [-0.15, -0.1) is 0 Å². The lowest BCUT2D eigenvalue weighted by Gasteiger charge is -2.25. The van der Waals surface area contributed by atoms with E-state index >= 15 is 0 Å². The minimum absolute atomic E-state index is 0.206. The van der Waals surface area contributed by atoms with Crippen molar-refractivity contribution in [3.63, 3.8) is 0 Å². The average molecular weight is 428 g/mol. The number of aromatic nitrogens is 2. The average Bonchev–Trinajstić information content (AvgIpc) is 2.75. The first-order chi connectivity index (χ1) is 15.0. The monoisotopic (exact) mass is 427 g/mol. The largest absolute Gasteiger partial charge is 0.384 e. The summed E-state index contributed by atoms with van der Waals surface area (Å²) in [6.45, 7) is 5.05. The molecule has 2 aliphatic heterocycles. The van der Waals surface area contributed by atoms with E-state index in [4.69, 9.17) is 4.74 Å². The van der Waals surface area contributed by atoms with Crippen molar-refractivity contribution in [2.75, 3.05) is 31.6 Å². The van der Waals surface area contributed by atoms with Gasteiger partial charge in [-0.3, -0.25) is 24.3 Å². The molecule has 9 nitrogen and oxygen atoms in total. The summed E-state index contributed by atoms with van der Waals surface area (Å²) >= 11 is 0. The second-order valence-electron chi connectivity index (χ2n) is 8.10. The first-order valence-corrected chi connectivity index (χ1v) is 11.0. The number of aryl methyl sites for hydroxylation is 1. The van der Waals surface area contributed by atoms with Gasteiger partial charge < -0.3 is 15.4 Å². The highest BCUT2D eigenvalue weighted by molar-refractivity contribution is 5.99. The number of hydrogen-bond acceptors (Lipinski definition) is 7. The molecule has 3 heterocycles. The molecule has 2 fully saturated rings. The predicted octanol–water partition coefficient (Wildman–Crippen LogP) is 1.25. The second kappa shape index (κ2) is 9.57. The van der Waals surface area contributed by atoms with Gasteiger partial charge in [0.2, 0.25) is 11.8 Å². The fourth-order valence-corrected chi connectivity index (χ4v) is 4.30. The number of piperidine rings is 2. The highest BCUT2D eigenvalue weighted by Crippen LogP contribution is 2.23. The number of ether oxygens (including phenoxy) is 1. The van der Waals surface area contributed by atoms with Gasteiger partial charge in [-0.1, -0.05) is 6.07 Å². The minimum Gasteiger partial charge on any atom is -0.384 e. The molecular weight excluding hydrogens is 398 g/mol. The molecule has 1 unspecified atom stereocenters. The number of carbonyl (C=O) groups excluding carboxylic acids is 2. The number of nitrogens with zero attached hydrogens (tertiary/aromatic N) is 2. The number of carbonyl (C=O) groups is 2. The molecule has 166 valence electrons. The number of fused-ring (bicyclic) bond motifs is 1. The number of rotatable bonds is 7. The zero-order chi connectivity index (χ0) is 21.8. The molecule has 0 saturated carbocycles. The fourth-order valence-electron chi connectivity index (χ4n) is 4.30. The molecule has 4 rings (SSSR count). The Hall–Kier alpha value is -2.78. The third-order valence-electron chi connectivity index (χ3n) is 5.90. The van der Waals surface area contributed by atoms with E-state index in [1.165, 1.54) is 4.57 Å². The summed E-state index contributed by atoms with van der Waals surface area (Å²) in [5.41, 5.74) is 1.01. The third-order valence-corrected chi connectivity index (χ3v) is 5.90. The molecule has 3 N–H and O–H groups in total. The Morgan fingerprint density at radius 1 is 1.19 bits per heavy atom. The van der Waals surface area contributed by atoms with Crippen LogP contribution < -0.4 is 21.5 Å². The van der Waals surface area contributed by atoms with Crippen LogP contribution in [-0.4, -0.2) is 53.7 Å². The Bertz CT molecular complexity index is 1030. The van der Waals surface area contributed by atoms with Crippen molar-refractivity contribution in [1.82, 2.24) is 20.2 Å².